The van der Waals surface area contributed by atoms with Crippen molar-refractivity contribution in [2.75, 3.05) is 5.75 Å². The lowest BCUT2D eigenvalue weighted by Gasteiger charge is -2.37. The number of allylic oxidation sites excluding steroid dienone is 1. The van der Waals surface area contributed by atoms with Crippen LogP contribution in [0.25, 0.3) is 5.70 Å². The summed E-state index contributed by atoms with van der Waals surface area (Å²) in [6, 6.07) is 18.1. The normalized spacial score (nSPS) is 19.7. The number of aliphatic imine (C=N–C) groups is 1. The van der Waals surface area contributed by atoms with Gasteiger partial charge in [0.25, 0.3) is 0 Å². The molecule has 2 saturated carbocycles. The Labute approximate surface area is 212 Å². The minimum absolute atomic E-state index is 0.0579. The van der Waals surface area contributed by atoms with Crippen LogP contribution in [-0.2, 0) is 11.2 Å². The zero-order valence-corrected chi connectivity index (χ0v) is 21.4. The molecule has 0 bridgehead atoms. The van der Waals surface area contributed by atoms with E-state index in [0.717, 1.165) is 44.2 Å². The van der Waals surface area contributed by atoms with Gasteiger partial charge in [-0.3, -0.25) is 14.5 Å². The van der Waals surface area contributed by atoms with Gasteiger partial charge in [0.1, 0.15) is 0 Å². The lowest BCUT2D eigenvalue weighted by molar-refractivity contribution is -0.116. The number of ketones is 1. The summed E-state index contributed by atoms with van der Waals surface area (Å²) in [5.41, 5.74) is 5.74. The third-order valence-electron chi connectivity index (χ3n) is 8.20. The number of hydrogen-bond acceptors (Lipinski definition) is 4. The van der Waals surface area contributed by atoms with Crippen molar-refractivity contribution in [3.8, 4) is 0 Å². The number of amides is 1. The van der Waals surface area contributed by atoms with Crippen molar-refractivity contribution in [2.45, 2.75) is 70.8 Å². The number of nitrogens with zero attached hydrogens (tertiary/aromatic N) is 2. The van der Waals surface area contributed by atoms with Crippen LogP contribution < -0.4 is 0 Å². The van der Waals surface area contributed by atoms with E-state index in [0.29, 0.717) is 10.7 Å². The molecule has 1 amide bonds. The summed E-state index contributed by atoms with van der Waals surface area (Å²) in [6.45, 7) is 2.25. The van der Waals surface area contributed by atoms with Crippen molar-refractivity contribution in [3.63, 3.8) is 0 Å². The molecule has 0 unspecified atom stereocenters. The highest BCUT2D eigenvalue weighted by atomic mass is 32.2. The van der Waals surface area contributed by atoms with E-state index in [1.165, 1.54) is 54.1 Å². The molecule has 3 aliphatic carbocycles. The van der Waals surface area contributed by atoms with Crippen molar-refractivity contribution >= 4 is 34.8 Å². The molecular formula is C30H34N2O2S. The lowest BCUT2D eigenvalue weighted by atomic mass is 9.69. The fourth-order valence-electron chi connectivity index (χ4n) is 6.17. The van der Waals surface area contributed by atoms with Gasteiger partial charge in [0.15, 0.2) is 11.0 Å². The van der Waals surface area contributed by atoms with Crippen molar-refractivity contribution in [3.05, 3.63) is 76.9 Å². The van der Waals surface area contributed by atoms with Crippen LogP contribution in [0.5, 0.6) is 0 Å². The molecule has 2 aromatic carbocycles. The predicted molar refractivity (Wildman–Crippen MR) is 144 cm³/mol. The average molecular weight is 487 g/mol. The summed E-state index contributed by atoms with van der Waals surface area (Å²) in [5, 5.41) is 0.662. The molecule has 0 radical (unpaired) electrons. The SMILES string of the molecule is CC1=C(N=C(SCC(=O)c2ccccc2)N(C=O)C2CCCC2)c2ccccc2CC12CCCC2. The molecule has 35 heavy (non-hydrogen) atoms. The van der Waals surface area contributed by atoms with Crippen molar-refractivity contribution in [1.82, 2.24) is 4.90 Å². The highest BCUT2D eigenvalue weighted by Crippen LogP contribution is 2.52. The molecule has 4 nitrogen and oxygen atoms in total. The van der Waals surface area contributed by atoms with Gasteiger partial charge in [0.2, 0.25) is 6.41 Å². The Balaban J connectivity index is 1.55. The smallest absolute Gasteiger partial charge is 0.215 e. The summed E-state index contributed by atoms with van der Waals surface area (Å²) in [6.07, 6.45) is 11.1. The van der Waals surface area contributed by atoms with E-state index in [-0.39, 0.29) is 23.0 Å². The molecule has 1 spiro atoms. The maximum Gasteiger partial charge on any atom is 0.215 e. The summed E-state index contributed by atoms with van der Waals surface area (Å²) >= 11 is 1.41. The van der Waals surface area contributed by atoms with Gasteiger partial charge in [-0.2, -0.15) is 0 Å². The molecule has 0 N–H and O–H groups in total. The minimum atomic E-state index is 0.0579. The van der Waals surface area contributed by atoms with Crippen molar-refractivity contribution in [2.24, 2.45) is 10.4 Å². The minimum Gasteiger partial charge on any atom is -0.293 e. The summed E-state index contributed by atoms with van der Waals surface area (Å²) in [5.74, 6) is 0.321. The highest BCUT2D eigenvalue weighted by molar-refractivity contribution is 8.14. The summed E-state index contributed by atoms with van der Waals surface area (Å²) in [7, 11) is 0. The van der Waals surface area contributed by atoms with Crippen LogP contribution in [0.15, 0.2) is 65.2 Å². The number of benzene rings is 2. The number of hydrogen-bond donors (Lipinski definition) is 0. The van der Waals surface area contributed by atoms with Gasteiger partial charge in [0.05, 0.1) is 11.4 Å². The first-order chi connectivity index (χ1) is 17.1. The molecule has 0 heterocycles. The zero-order chi connectivity index (χ0) is 24.3. The van der Waals surface area contributed by atoms with Gasteiger partial charge in [-0.15, -0.1) is 0 Å². The second kappa shape index (κ2) is 10.5. The standard InChI is InChI=1S/C30H34N2O2S/c1-22-28(26-16-8-5-13-24(26)19-30(22)17-9-10-18-30)31-29(32(21-33)25-14-6-7-15-25)35-20-27(34)23-11-3-2-4-12-23/h2-5,8,11-13,16,21,25H,6-7,9-10,14-15,17-20H2,1H3. The Morgan fingerprint density at radius 1 is 1.03 bits per heavy atom. The number of Topliss-reactive ketones (excluding diaryl/α,β-unsaturated/α-hetero) is 1. The second-order valence-corrected chi connectivity index (χ2v) is 11.2. The molecule has 3 aliphatic rings. The molecule has 182 valence electrons. The van der Waals surface area contributed by atoms with Gasteiger partial charge in [-0.05, 0) is 55.6 Å². The van der Waals surface area contributed by atoms with E-state index in [1.807, 2.05) is 35.2 Å². The van der Waals surface area contributed by atoms with Crippen LogP contribution in [0.1, 0.15) is 79.8 Å². The van der Waals surface area contributed by atoms with E-state index in [1.54, 1.807) is 0 Å². The molecule has 0 saturated heterocycles. The van der Waals surface area contributed by atoms with Gasteiger partial charge < -0.3 is 0 Å². The van der Waals surface area contributed by atoms with Gasteiger partial charge in [-0.25, -0.2) is 4.99 Å². The molecule has 5 rings (SSSR count). The van der Waals surface area contributed by atoms with Gasteiger partial charge in [-0.1, -0.05) is 92.0 Å². The maximum absolute atomic E-state index is 12.9. The first-order valence-electron chi connectivity index (χ1n) is 12.9. The van der Waals surface area contributed by atoms with E-state index in [9.17, 15) is 9.59 Å². The fraction of sp³-hybridized carbons (Fsp3) is 0.433. The molecule has 0 aromatic heterocycles. The number of rotatable bonds is 6. The van der Waals surface area contributed by atoms with Crippen LogP contribution in [0.3, 0.4) is 0 Å². The summed E-state index contributed by atoms with van der Waals surface area (Å²) < 4.78 is 0. The molecule has 0 atom stereocenters. The van der Waals surface area contributed by atoms with Crippen LogP contribution in [-0.4, -0.2) is 34.1 Å². The second-order valence-electron chi connectivity index (χ2n) is 10.2. The number of carbonyl (C=O) groups is 2. The zero-order valence-electron chi connectivity index (χ0n) is 20.5. The summed E-state index contributed by atoms with van der Waals surface area (Å²) in [4.78, 5) is 32.4. The Kier molecular flexibility index (Phi) is 7.24. The van der Waals surface area contributed by atoms with Gasteiger partial charge in [0, 0.05) is 17.2 Å². The Morgan fingerprint density at radius 2 is 1.71 bits per heavy atom. The van der Waals surface area contributed by atoms with E-state index in [2.05, 4.69) is 31.2 Å². The predicted octanol–water partition coefficient (Wildman–Crippen LogP) is 6.91. The molecule has 0 aliphatic heterocycles. The first kappa shape index (κ1) is 24.1. The number of amidine groups is 1. The van der Waals surface area contributed by atoms with E-state index < -0.39 is 0 Å². The Morgan fingerprint density at radius 3 is 2.43 bits per heavy atom. The monoisotopic (exact) mass is 486 g/mol. The maximum atomic E-state index is 12.9. The van der Waals surface area contributed by atoms with Gasteiger partial charge >= 0.3 is 0 Å². The quantitative estimate of drug-likeness (QED) is 0.193. The lowest BCUT2D eigenvalue weighted by Crippen LogP contribution is -2.37. The molecular weight excluding hydrogens is 452 g/mol. The van der Waals surface area contributed by atoms with E-state index in [4.69, 9.17) is 4.99 Å². The highest BCUT2D eigenvalue weighted by Gasteiger charge is 2.41. The third kappa shape index (κ3) is 4.88. The van der Waals surface area contributed by atoms with Crippen molar-refractivity contribution < 1.29 is 9.59 Å². The van der Waals surface area contributed by atoms with Crippen LogP contribution in [0.4, 0.5) is 0 Å². The fourth-order valence-corrected chi connectivity index (χ4v) is 7.09. The third-order valence-corrected chi connectivity index (χ3v) is 9.17. The number of fused-ring (bicyclic) bond motifs is 1. The van der Waals surface area contributed by atoms with Crippen LogP contribution >= 0.6 is 11.8 Å². The molecule has 2 fully saturated rings. The molecule has 5 heteroatoms. The first-order valence-corrected chi connectivity index (χ1v) is 13.9. The number of carbonyl (C=O) groups excluding carboxylic acids is 2. The topological polar surface area (TPSA) is 49.7 Å². The molecule has 2 aromatic rings. The Bertz CT molecular complexity index is 1140. The number of thioether (sulfide) groups is 1. The van der Waals surface area contributed by atoms with E-state index >= 15 is 0 Å². The Hall–Kier alpha value is -2.66. The van der Waals surface area contributed by atoms with Crippen molar-refractivity contribution in [1.29, 1.82) is 0 Å². The van der Waals surface area contributed by atoms with Crippen LogP contribution in [0.2, 0.25) is 0 Å². The average Bonchev–Trinajstić information content (AvgIpc) is 3.59. The van der Waals surface area contributed by atoms with Crippen LogP contribution in [0, 0.1) is 5.41 Å². The largest absolute Gasteiger partial charge is 0.293 e.